The van der Waals surface area contributed by atoms with E-state index in [1.807, 2.05) is 67.6 Å². The molecule has 320 valence electrons. The van der Waals surface area contributed by atoms with Crippen molar-refractivity contribution in [3.05, 3.63) is 142 Å². The van der Waals surface area contributed by atoms with E-state index in [1.165, 1.54) is 18.2 Å². The Balaban J connectivity index is 1.09. The van der Waals surface area contributed by atoms with Gasteiger partial charge in [-0.25, -0.2) is 4.79 Å². The Morgan fingerprint density at radius 2 is 1.57 bits per heavy atom. The number of benzene rings is 3. The van der Waals surface area contributed by atoms with Crippen LogP contribution in [0.5, 0.6) is 0 Å². The smallest absolute Gasteiger partial charge is 0.416 e. The van der Waals surface area contributed by atoms with Crippen molar-refractivity contribution in [2.24, 2.45) is 33.5 Å². The van der Waals surface area contributed by atoms with Crippen LogP contribution in [0.3, 0.4) is 0 Å². The van der Waals surface area contributed by atoms with Crippen LogP contribution in [0, 0.1) is 33.5 Å². The molecule has 2 amide bonds. The van der Waals surface area contributed by atoms with Crippen LogP contribution >= 0.6 is 11.6 Å². The number of urea groups is 1. The van der Waals surface area contributed by atoms with Crippen LogP contribution < -0.4 is 5.32 Å². The number of allylic oxidation sites excluding steroid dienone is 4. The number of amides is 2. The molecule has 1 aromatic heterocycles. The first-order valence-corrected chi connectivity index (χ1v) is 21.8. The van der Waals surface area contributed by atoms with Crippen LogP contribution in [0.4, 0.5) is 18.0 Å². The van der Waals surface area contributed by atoms with Crippen molar-refractivity contribution >= 4 is 23.4 Å². The van der Waals surface area contributed by atoms with E-state index < -0.39 is 39.7 Å². The van der Waals surface area contributed by atoms with Gasteiger partial charge in [-0.3, -0.25) is 4.79 Å². The van der Waals surface area contributed by atoms with E-state index >= 15 is 4.79 Å². The lowest BCUT2D eigenvalue weighted by molar-refractivity contribution is -0.174. The van der Waals surface area contributed by atoms with Gasteiger partial charge in [0.15, 0.2) is 5.76 Å². The summed E-state index contributed by atoms with van der Waals surface area (Å²) >= 11 is 6.41. The lowest BCUT2D eigenvalue weighted by Crippen LogP contribution is -2.67. The number of nitrogens with one attached hydrogen (secondary N) is 1. The molecule has 10 rings (SSSR count). The zero-order valence-corrected chi connectivity index (χ0v) is 35.4. The number of Topliss-reactive ketones (excluding diaryl/α,β-unsaturated/α-hetero) is 1. The summed E-state index contributed by atoms with van der Waals surface area (Å²) in [5.41, 5.74) is -2.21. The van der Waals surface area contributed by atoms with Crippen LogP contribution in [0.15, 0.2) is 119 Å². The molecule has 2 bridgehead atoms. The summed E-state index contributed by atoms with van der Waals surface area (Å²) in [6, 6.07) is 24.9. The van der Waals surface area contributed by atoms with Gasteiger partial charge < -0.3 is 24.8 Å². The van der Waals surface area contributed by atoms with Crippen molar-refractivity contribution < 1.29 is 37.4 Å². The summed E-state index contributed by atoms with van der Waals surface area (Å²) in [5, 5.41) is 27.6. The summed E-state index contributed by atoms with van der Waals surface area (Å²) in [4.78, 5) is 31.3. The summed E-state index contributed by atoms with van der Waals surface area (Å²) in [7, 11) is 0. The molecule has 0 saturated heterocycles. The molecule has 11 heteroatoms. The molecule has 3 saturated carbocycles. The van der Waals surface area contributed by atoms with Crippen LogP contribution in [-0.2, 0) is 12.7 Å². The molecule has 6 aliphatic rings. The van der Waals surface area contributed by atoms with Gasteiger partial charge in [0, 0.05) is 33.9 Å². The molecular weight excluding hydrogens is 801 g/mol. The average Bonchev–Trinajstić information content (AvgIpc) is 3.83. The molecule has 6 aliphatic carbocycles. The standard InChI is InChI=1S/C50H52ClF3N2O5/c1-31(33-12-8-5-9-13-33)55-44(59)56(29-32-10-6-4-7-11-32)30-48(60)23-20-42-46(48,3)22-19-41-45(2)21-18-35(57)27-47(45)24-25-49(41,42)37(28-47)43(58)40-17-16-39(61-40)36-26-34(50(52,53)54)14-15-38(36)51/h4-17,24-26,28,31,35,41-42,57,60H,18-23,27,29-30H2,1-3H3,(H,55,59)/t31-,35?,41-,42-,45-,46+,47+,48-,49-/m1/s1. The van der Waals surface area contributed by atoms with Crippen LogP contribution in [-0.4, -0.2) is 45.2 Å². The summed E-state index contributed by atoms with van der Waals surface area (Å²) < 4.78 is 47.4. The van der Waals surface area contributed by atoms with Gasteiger partial charge >= 0.3 is 12.2 Å². The second kappa shape index (κ2) is 14.7. The van der Waals surface area contributed by atoms with E-state index in [1.54, 1.807) is 4.90 Å². The second-order valence-electron chi connectivity index (χ2n) is 18.9. The minimum Gasteiger partial charge on any atom is -0.453 e. The largest absolute Gasteiger partial charge is 0.453 e. The molecule has 2 spiro atoms. The Hall–Kier alpha value is -4.64. The molecule has 0 radical (unpaired) electrons. The van der Waals surface area contributed by atoms with Crippen molar-refractivity contribution in [3.8, 4) is 11.3 Å². The molecule has 9 atom stereocenters. The Morgan fingerprint density at radius 3 is 2.30 bits per heavy atom. The lowest BCUT2D eigenvalue weighted by Gasteiger charge is -2.71. The maximum absolute atomic E-state index is 15.2. The van der Waals surface area contributed by atoms with Crippen molar-refractivity contribution in [1.29, 1.82) is 0 Å². The maximum Gasteiger partial charge on any atom is 0.416 e. The van der Waals surface area contributed by atoms with E-state index in [2.05, 4.69) is 37.4 Å². The predicted octanol–water partition coefficient (Wildman–Crippen LogP) is 11.4. The third-order valence-electron chi connectivity index (χ3n) is 15.9. The minimum absolute atomic E-state index is 0.00957. The van der Waals surface area contributed by atoms with Gasteiger partial charge in [0.05, 0.1) is 34.9 Å². The van der Waals surface area contributed by atoms with Gasteiger partial charge in [0.2, 0.25) is 5.78 Å². The molecule has 3 aromatic carbocycles. The Bertz CT molecular complexity index is 2420. The monoisotopic (exact) mass is 852 g/mol. The zero-order chi connectivity index (χ0) is 43.2. The number of carbonyl (C=O) groups is 2. The van der Waals surface area contributed by atoms with Crippen molar-refractivity contribution in [2.75, 3.05) is 6.54 Å². The quantitative estimate of drug-likeness (QED) is 0.115. The first-order chi connectivity index (χ1) is 28.9. The van der Waals surface area contributed by atoms with E-state index in [0.29, 0.717) is 44.1 Å². The highest BCUT2D eigenvalue weighted by atomic mass is 35.5. The first-order valence-electron chi connectivity index (χ1n) is 21.4. The number of hydrogen-bond donors (Lipinski definition) is 3. The number of carbonyl (C=O) groups excluding carboxylic acids is 2. The number of hydrogen-bond acceptors (Lipinski definition) is 5. The molecule has 0 aliphatic heterocycles. The normalized spacial score (nSPS) is 32.9. The Labute approximate surface area is 359 Å². The van der Waals surface area contributed by atoms with E-state index in [-0.39, 0.29) is 70.3 Å². The Kier molecular flexibility index (Phi) is 10.1. The topological polar surface area (TPSA) is 103 Å². The van der Waals surface area contributed by atoms with Gasteiger partial charge in [0.1, 0.15) is 5.76 Å². The third-order valence-corrected chi connectivity index (χ3v) is 16.3. The Morgan fingerprint density at radius 1 is 0.902 bits per heavy atom. The summed E-state index contributed by atoms with van der Waals surface area (Å²) in [5.74, 6) is -0.565. The molecule has 1 unspecified atom stereocenters. The minimum atomic E-state index is -4.60. The maximum atomic E-state index is 15.2. The molecular formula is C50H52ClF3N2O5. The molecule has 3 N–H and O–H groups in total. The van der Waals surface area contributed by atoms with Gasteiger partial charge in [0.25, 0.3) is 0 Å². The molecule has 3 fully saturated rings. The lowest BCUT2D eigenvalue weighted by atomic mass is 9.32. The highest BCUT2D eigenvalue weighted by molar-refractivity contribution is 6.33. The number of fused-ring (bicyclic) bond motifs is 1. The first kappa shape index (κ1) is 41.7. The number of halogens is 4. The van der Waals surface area contributed by atoms with Crippen molar-refractivity contribution in [3.63, 3.8) is 0 Å². The molecule has 7 nitrogen and oxygen atoms in total. The number of aliphatic hydroxyl groups excluding tert-OH is 1. The van der Waals surface area contributed by atoms with Crippen molar-refractivity contribution in [2.45, 2.75) is 96.2 Å². The van der Waals surface area contributed by atoms with Crippen LogP contribution in [0.25, 0.3) is 11.3 Å². The van der Waals surface area contributed by atoms with Crippen LogP contribution in [0.2, 0.25) is 5.02 Å². The molecule has 61 heavy (non-hydrogen) atoms. The average molecular weight is 853 g/mol. The van der Waals surface area contributed by atoms with Crippen molar-refractivity contribution in [1.82, 2.24) is 10.2 Å². The molecule has 4 aromatic rings. The van der Waals surface area contributed by atoms with Gasteiger partial charge in [-0.05, 0) is 111 Å². The number of furan rings is 1. The highest BCUT2D eigenvalue weighted by Gasteiger charge is 2.74. The number of ketones is 1. The summed E-state index contributed by atoms with van der Waals surface area (Å²) in [6.45, 7) is 6.73. The van der Waals surface area contributed by atoms with E-state index in [9.17, 15) is 28.2 Å². The van der Waals surface area contributed by atoms with E-state index in [4.69, 9.17) is 16.0 Å². The predicted molar refractivity (Wildman–Crippen MR) is 227 cm³/mol. The van der Waals surface area contributed by atoms with Crippen LogP contribution in [0.1, 0.15) is 99.0 Å². The molecule has 1 heterocycles. The number of nitrogens with zero attached hydrogens (tertiary/aromatic N) is 1. The summed E-state index contributed by atoms with van der Waals surface area (Å²) in [6.07, 6.45) is 5.57. The fraction of sp³-hybridized carbons (Fsp3) is 0.440. The fourth-order valence-corrected chi connectivity index (χ4v) is 12.9. The van der Waals surface area contributed by atoms with Gasteiger partial charge in [-0.1, -0.05) is 104 Å². The number of aliphatic hydroxyl groups is 2. The van der Waals surface area contributed by atoms with Gasteiger partial charge in [-0.2, -0.15) is 13.2 Å². The van der Waals surface area contributed by atoms with E-state index in [0.717, 1.165) is 29.7 Å². The zero-order valence-electron chi connectivity index (χ0n) is 34.6. The third kappa shape index (κ3) is 6.53. The highest BCUT2D eigenvalue weighted by Crippen LogP contribution is 2.78. The fourth-order valence-electron chi connectivity index (χ4n) is 12.6. The number of rotatable bonds is 9. The van der Waals surface area contributed by atoms with Gasteiger partial charge in [-0.15, -0.1) is 0 Å². The SMILES string of the molecule is C[C@@H](NC(=O)N(Cc1ccccc1)C[C@]1(O)CC[C@H]2[C@]34C=C[C@@]5(C=C3C(=O)c3ccc(-c6cc(C(F)(F)F)ccc6Cl)o3)CC(O)CC[C@]5(C)[C@H]4CC[C@@]21C)c1ccccc1. The number of alkyl halides is 3. The second-order valence-corrected chi connectivity index (χ2v) is 19.3.